The molecule has 2 atom stereocenters. The lowest BCUT2D eigenvalue weighted by molar-refractivity contribution is 0.187. The van der Waals surface area contributed by atoms with E-state index in [9.17, 15) is 4.39 Å². The minimum Gasteiger partial charge on any atom is -0.392 e. The predicted octanol–water partition coefficient (Wildman–Crippen LogP) is 2.62. The molecule has 2 nitrogen and oxygen atoms in total. The molecular weight excluding hydrogens is 261 g/mol. The maximum absolute atomic E-state index is 13.4. The summed E-state index contributed by atoms with van der Waals surface area (Å²) in [6.07, 6.45) is -0.428. The van der Waals surface area contributed by atoms with E-state index >= 15 is 0 Å². The largest absolute Gasteiger partial charge is 0.392 e. The van der Waals surface area contributed by atoms with Gasteiger partial charge in [-0.15, -0.1) is 0 Å². The summed E-state index contributed by atoms with van der Waals surface area (Å²) < 4.78 is 14.3. The number of aliphatic hydroxyl groups excluding tert-OH is 1. The third-order valence-electron chi connectivity index (χ3n) is 2.14. The summed E-state index contributed by atoms with van der Waals surface area (Å²) in [6.45, 7) is 4.01. The molecule has 2 N–H and O–H groups in total. The molecular formula is C11H15BrFNO. The molecule has 0 aliphatic carbocycles. The number of rotatable bonds is 4. The fourth-order valence-electron chi connectivity index (χ4n) is 1.30. The third kappa shape index (κ3) is 3.89. The van der Waals surface area contributed by atoms with Crippen molar-refractivity contribution >= 4 is 15.9 Å². The monoisotopic (exact) mass is 275 g/mol. The Bertz CT molecular complexity index is 330. The molecule has 0 bridgehead atoms. The summed E-state index contributed by atoms with van der Waals surface area (Å²) in [7, 11) is 0. The quantitative estimate of drug-likeness (QED) is 0.886. The Morgan fingerprint density at radius 3 is 2.73 bits per heavy atom. The van der Waals surface area contributed by atoms with Crippen molar-refractivity contribution in [1.29, 1.82) is 0 Å². The fraction of sp³-hybridized carbons (Fsp3) is 0.455. The molecule has 0 spiro atoms. The Morgan fingerprint density at radius 1 is 1.47 bits per heavy atom. The van der Waals surface area contributed by atoms with Crippen LogP contribution in [0.15, 0.2) is 22.7 Å². The molecule has 0 heterocycles. The van der Waals surface area contributed by atoms with E-state index in [1.807, 2.05) is 6.92 Å². The van der Waals surface area contributed by atoms with Crippen molar-refractivity contribution in [2.75, 3.05) is 6.54 Å². The normalized spacial score (nSPS) is 15.0. The van der Waals surface area contributed by atoms with Crippen molar-refractivity contribution < 1.29 is 9.50 Å². The van der Waals surface area contributed by atoms with Crippen molar-refractivity contribution in [1.82, 2.24) is 5.32 Å². The van der Waals surface area contributed by atoms with E-state index in [1.165, 1.54) is 6.07 Å². The second-order valence-corrected chi connectivity index (χ2v) is 4.56. The van der Waals surface area contributed by atoms with E-state index in [0.717, 1.165) is 4.47 Å². The third-order valence-corrected chi connectivity index (χ3v) is 2.64. The molecule has 0 aromatic heterocycles. The highest BCUT2D eigenvalue weighted by Crippen LogP contribution is 2.21. The Hall–Kier alpha value is -0.450. The van der Waals surface area contributed by atoms with Crippen molar-refractivity contribution in [2.24, 2.45) is 0 Å². The van der Waals surface area contributed by atoms with Gasteiger partial charge in [0.05, 0.1) is 6.10 Å². The molecule has 1 aromatic carbocycles. The first-order chi connectivity index (χ1) is 7.00. The van der Waals surface area contributed by atoms with Gasteiger partial charge in [-0.2, -0.15) is 0 Å². The second-order valence-electron chi connectivity index (χ2n) is 3.64. The van der Waals surface area contributed by atoms with E-state index in [-0.39, 0.29) is 11.9 Å². The lowest BCUT2D eigenvalue weighted by atomic mass is 10.1. The molecule has 0 fully saturated rings. The molecule has 0 aliphatic heterocycles. The molecule has 1 rings (SSSR count). The minimum atomic E-state index is -0.428. The highest BCUT2D eigenvalue weighted by Gasteiger charge is 2.11. The predicted molar refractivity (Wildman–Crippen MR) is 62.2 cm³/mol. The van der Waals surface area contributed by atoms with Gasteiger partial charge in [0.1, 0.15) is 5.82 Å². The van der Waals surface area contributed by atoms with Crippen LogP contribution in [-0.4, -0.2) is 17.8 Å². The molecule has 0 saturated carbocycles. The van der Waals surface area contributed by atoms with Gasteiger partial charge in [0.25, 0.3) is 0 Å². The van der Waals surface area contributed by atoms with Crippen molar-refractivity contribution in [3.63, 3.8) is 0 Å². The van der Waals surface area contributed by atoms with Gasteiger partial charge < -0.3 is 10.4 Å². The number of benzene rings is 1. The maximum Gasteiger partial charge on any atom is 0.128 e. The molecule has 2 unspecified atom stereocenters. The number of aliphatic hydroxyl groups is 1. The summed E-state index contributed by atoms with van der Waals surface area (Å²) in [4.78, 5) is 0. The summed E-state index contributed by atoms with van der Waals surface area (Å²) in [5, 5.41) is 12.2. The summed E-state index contributed by atoms with van der Waals surface area (Å²) in [6, 6.07) is 4.73. The van der Waals surface area contributed by atoms with E-state index in [4.69, 9.17) is 5.11 Å². The topological polar surface area (TPSA) is 32.3 Å². The zero-order valence-electron chi connectivity index (χ0n) is 8.80. The average Bonchev–Trinajstić information content (AvgIpc) is 2.18. The molecule has 1 aromatic rings. The Labute approximate surface area is 97.6 Å². The molecule has 0 aliphatic rings. The lowest BCUT2D eigenvalue weighted by Crippen LogP contribution is -2.27. The average molecular weight is 276 g/mol. The molecule has 0 amide bonds. The van der Waals surface area contributed by atoms with Crippen molar-refractivity contribution in [2.45, 2.75) is 26.0 Å². The van der Waals surface area contributed by atoms with Crippen LogP contribution < -0.4 is 5.32 Å². The first-order valence-corrected chi connectivity index (χ1v) is 5.66. The zero-order chi connectivity index (χ0) is 11.4. The van der Waals surface area contributed by atoms with Gasteiger partial charge in [-0.1, -0.05) is 15.9 Å². The summed E-state index contributed by atoms with van der Waals surface area (Å²) in [5.41, 5.74) is 0.602. The van der Waals surface area contributed by atoms with Crippen LogP contribution in [0.2, 0.25) is 0 Å². The zero-order valence-corrected chi connectivity index (χ0v) is 10.4. The van der Waals surface area contributed by atoms with Crippen molar-refractivity contribution in [3.8, 4) is 0 Å². The highest BCUT2D eigenvalue weighted by molar-refractivity contribution is 9.10. The van der Waals surface area contributed by atoms with Gasteiger partial charge in [-0.05, 0) is 32.0 Å². The van der Waals surface area contributed by atoms with Crippen LogP contribution in [0.3, 0.4) is 0 Å². The van der Waals surface area contributed by atoms with Crippen LogP contribution in [0.4, 0.5) is 4.39 Å². The maximum atomic E-state index is 13.4. The smallest absolute Gasteiger partial charge is 0.128 e. The molecule has 15 heavy (non-hydrogen) atoms. The second kappa shape index (κ2) is 5.58. The van der Waals surface area contributed by atoms with Crippen LogP contribution in [0.5, 0.6) is 0 Å². The molecule has 4 heteroatoms. The van der Waals surface area contributed by atoms with Gasteiger partial charge >= 0.3 is 0 Å². The Kier molecular flexibility index (Phi) is 4.70. The van der Waals surface area contributed by atoms with Gasteiger partial charge in [0, 0.05) is 22.6 Å². The SMILES string of the molecule is CC(O)CNC(C)c1cc(Br)ccc1F. The minimum absolute atomic E-state index is 0.114. The number of halogens is 2. The molecule has 0 saturated heterocycles. The first-order valence-electron chi connectivity index (χ1n) is 4.87. The van der Waals surface area contributed by atoms with Gasteiger partial charge in [0.15, 0.2) is 0 Å². The summed E-state index contributed by atoms with van der Waals surface area (Å²) in [5.74, 6) is -0.233. The van der Waals surface area contributed by atoms with E-state index in [2.05, 4.69) is 21.2 Å². The van der Waals surface area contributed by atoms with E-state index in [0.29, 0.717) is 12.1 Å². The summed E-state index contributed by atoms with van der Waals surface area (Å²) >= 11 is 3.30. The first kappa shape index (κ1) is 12.6. The number of hydrogen-bond acceptors (Lipinski definition) is 2. The van der Waals surface area contributed by atoms with Crippen LogP contribution in [0.25, 0.3) is 0 Å². The molecule has 0 radical (unpaired) electrons. The van der Waals surface area contributed by atoms with Gasteiger partial charge in [0.2, 0.25) is 0 Å². The number of hydrogen-bond donors (Lipinski definition) is 2. The highest BCUT2D eigenvalue weighted by atomic mass is 79.9. The molecule has 84 valence electrons. The van der Waals surface area contributed by atoms with Crippen LogP contribution >= 0.6 is 15.9 Å². The van der Waals surface area contributed by atoms with Crippen LogP contribution in [-0.2, 0) is 0 Å². The van der Waals surface area contributed by atoms with E-state index in [1.54, 1.807) is 19.1 Å². The van der Waals surface area contributed by atoms with Gasteiger partial charge in [-0.25, -0.2) is 4.39 Å². The lowest BCUT2D eigenvalue weighted by Gasteiger charge is -2.16. The Morgan fingerprint density at radius 2 is 2.13 bits per heavy atom. The number of nitrogens with one attached hydrogen (secondary N) is 1. The van der Waals surface area contributed by atoms with E-state index < -0.39 is 6.10 Å². The fourth-order valence-corrected chi connectivity index (χ4v) is 1.68. The van der Waals surface area contributed by atoms with Gasteiger partial charge in [-0.3, -0.25) is 0 Å². The van der Waals surface area contributed by atoms with Crippen molar-refractivity contribution in [3.05, 3.63) is 34.1 Å². The Balaban J connectivity index is 2.72. The van der Waals surface area contributed by atoms with Crippen LogP contribution in [0, 0.1) is 5.82 Å². The standard InChI is InChI=1S/C11H15BrFNO/c1-7(15)6-14-8(2)10-5-9(12)3-4-11(10)13/h3-5,7-8,14-15H,6H2,1-2H3. The van der Waals surface area contributed by atoms with Crippen LogP contribution in [0.1, 0.15) is 25.5 Å².